The van der Waals surface area contributed by atoms with Gasteiger partial charge in [-0.05, 0) is 12.8 Å². The summed E-state index contributed by atoms with van der Waals surface area (Å²) >= 11 is 0. The summed E-state index contributed by atoms with van der Waals surface area (Å²) in [4.78, 5) is 15.2. The fraction of sp³-hybridized carbons (Fsp3) is 0.667. The summed E-state index contributed by atoms with van der Waals surface area (Å²) in [6.07, 6.45) is 1.78. The topological polar surface area (TPSA) is 67.5 Å². The summed E-state index contributed by atoms with van der Waals surface area (Å²) < 4.78 is 0. The minimum absolute atomic E-state index is 0.0351. The third-order valence-corrected chi connectivity index (χ3v) is 1.95. The van der Waals surface area contributed by atoms with Gasteiger partial charge in [0.05, 0.1) is 6.54 Å². The average molecular weight is 139 g/mol. The number of rotatable bonds is 1. The first-order valence-electron chi connectivity index (χ1n) is 3.37. The van der Waals surface area contributed by atoms with Gasteiger partial charge < -0.3 is 11.1 Å². The van der Waals surface area contributed by atoms with Gasteiger partial charge in [-0.2, -0.15) is 0 Å². The van der Waals surface area contributed by atoms with Gasteiger partial charge in [-0.25, -0.2) is 0 Å². The first kappa shape index (κ1) is 5.85. The van der Waals surface area contributed by atoms with Crippen molar-refractivity contribution in [3.63, 3.8) is 0 Å². The summed E-state index contributed by atoms with van der Waals surface area (Å²) in [6.45, 7) is 0.341. The van der Waals surface area contributed by atoms with Crippen molar-refractivity contribution in [3.05, 3.63) is 0 Å². The van der Waals surface area contributed by atoms with Crippen LogP contribution in [0.25, 0.3) is 0 Å². The Hall–Kier alpha value is -0.900. The molecule has 1 aliphatic heterocycles. The second-order valence-electron chi connectivity index (χ2n) is 2.75. The van der Waals surface area contributed by atoms with E-state index in [-0.39, 0.29) is 11.4 Å². The van der Waals surface area contributed by atoms with Gasteiger partial charge in [0, 0.05) is 0 Å². The molecule has 1 amide bonds. The largest absolute Gasteiger partial charge is 0.324 e. The molecule has 3 N–H and O–H groups in total. The molecule has 1 fully saturated rings. The second kappa shape index (κ2) is 1.58. The lowest BCUT2D eigenvalue weighted by molar-refractivity contribution is -0.120. The van der Waals surface area contributed by atoms with Gasteiger partial charge in [-0.1, -0.05) is 0 Å². The third kappa shape index (κ3) is 0.593. The van der Waals surface area contributed by atoms with Crippen molar-refractivity contribution in [1.29, 1.82) is 0 Å². The van der Waals surface area contributed by atoms with Crippen molar-refractivity contribution in [2.75, 3.05) is 6.54 Å². The summed E-state index contributed by atoms with van der Waals surface area (Å²) in [5.74, 6) is 0.676. The lowest BCUT2D eigenvalue weighted by Gasteiger charge is -1.94. The third-order valence-electron chi connectivity index (χ3n) is 1.95. The Balaban J connectivity index is 2.24. The predicted molar refractivity (Wildman–Crippen MR) is 36.6 cm³/mol. The molecule has 0 unspecified atom stereocenters. The van der Waals surface area contributed by atoms with Crippen molar-refractivity contribution in [3.8, 4) is 0 Å². The number of aliphatic imine (C=N–C) groups is 1. The molecule has 2 aliphatic rings. The highest BCUT2D eigenvalue weighted by molar-refractivity contribution is 6.10. The Morgan fingerprint density at radius 3 is 2.70 bits per heavy atom. The predicted octanol–water partition coefficient (Wildman–Crippen LogP) is -0.994. The van der Waals surface area contributed by atoms with E-state index in [2.05, 4.69) is 10.3 Å². The van der Waals surface area contributed by atoms with Gasteiger partial charge in [0.25, 0.3) is 5.91 Å². The van der Waals surface area contributed by atoms with Crippen LogP contribution in [-0.4, -0.2) is 23.8 Å². The van der Waals surface area contributed by atoms with E-state index in [4.69, 9.17) is 5.73 Å². The van der Waals surface area contributed by atoms with Crippen LogP contribution in [0.4, 0.5) is 0 Å². The maximum absolute atomic E-state index is 11.0. The van der Waals surface area contributed by atoms with Crippen molar-refractivity contribution in [2.24, 2.45) is 10.7 Å². The smallest absolute Gasteiger partial charge is 0.253 e. The number of hydrogen-bond donors (Lipinski definition) is 2. The van der Waals surface area contributed by atoms with Crippen LogP contribution in [0.5, 0.6) is 0 Å². The second-order valence-corrected chi connectivity index (χ2v) is 2.75. The van der Waals surface area contributed by atoms with Gasteiger partial charge in [0.1, 0.15) is 11.4 Å². The first-order chi connectivity index (χ1) is 4.77. The molecule has 1 aliphatic carbocycles. The molecule has 0 radical (unpaired) electrons. The molecule has 1 heterocycles. The highest BCUT2D eigenvalue weighted by atomic mass is 16.2. The van der Waals surface area contributed by atoms with Crippen LogP contribution < -0.4 is 11.1 Å². The van der Waals surface area contributed by atoms with E-state index in [1.54, 1.807) is 0 Å². The summed E-state index contributed by atoms with van der Waals surface area (Å²) in [7, 11) is 0. The molecule has 0 bridgehead atoms. The number of amidine groups is 1. The number of carbonyl (C=O) groups excluding carboxylic acids is 1. The SMILES string of the molecule is NCC1=NC2(CC2)C(=O)N1. The highest BCUT2D eigenvalue weighted by Gasteiger charge is 2.53. The minimum Gasteiger partial charge on any atom is -0.324 e. The number of nitrogens with zero attached hydrogens (tertiary/aromatic N) is 1. The summed E-state index contributed by atoms with van der Waals surface area (Å²) in [6, 6.07) is 0. The molecule has 0 aromatic heterocycles. The first-order valence-corrected chi connectivity index (χ1v) is 3.37. The standard InChI is InChI=1S/C6H9N3O/c7-3-4-8-5(10)6(9-4)1-2-6/h1-3,7H2,(H,8,9,10). The Morgan fingerprint density at radius 2 is 2.40 bits per heavy atom. The van der Waals surface area contributed by atoms with E-state index >= 15 is 0 Å². The number of nitrogens with one attached hydrogen (secondary N) is 1. The van der Waals surface area contributed by atoms with Crippen molar-refractivity contribution >= 4 is 11.7 Å². The fourth-order valence-electron chi connectivity index (χ4n) is 1.14. The van der Waals surface area contributed by atoms with Crippen LogP contribution in [0, 0.1) is 0 Å². The van der Waals surface area contributed by atoms with E-state index in [9.17, 15) is 4.79 Å². The van der Waals surface area contributed by atoms with Crippen molar-refractivity contribution in [2.45, 2.75) is 18.4 Å². The average Bonchev–Trinajstić information content (AvgIpc) is 2.60. The number of hydrogen-bond acceptors (Lipinski definition) is 3. The molecule has 2 rings (SSSR count). The Labute approximate surface area is 58.5 Å². The van der Waals surface area contributed by atoms with Crippen LogP contribution in [-0.2, 0) is 4.79 Å². The Bertz CT molecular complexity index is 217. The van der Waals surface area contributed by atoms with E-state index in [0.717, 1.165) is 12.8 Å². The molecule has 54 valence electrons. The highest BCUT2D eigenvalue weighted by Crippen LogP contribution is 2.41. The molecule has 0 saturated heterocycles. The zero-order valence-electron chi connectivity index (χ0n) is 5.55. The number of carbonyl (C=O) groups is 1. The maximum Gasteiger partial charge on any atom is 0.253 e. The van der Waals surface area contributed by atoms with Gasteiger partial charge >= 0.3 is 0 Å². The van der Waals surface area contributed by atoms with Crippen LogP contribution >= 0.6 is 0 Å². The molecule has 0 aromatic carbocycles. The zero-order valence-corrected chi connectivity index (χ0v) is 5.55. The molecule has 1 spiro atoms. The molecular formula is C6H9N3O. The summed E-state index contributed by atoms with van der Waals surface area (Å²) in [5.41, 5.74) is 4.93. The quantitative estimate of drug-likeness (QED) is 0.489. The maximum atomic E-state index is 11.0. The molecule has 0 atom stereocenters. The molecule has 4 heteroatoms. The molecule has 10 heavy (non-hydrogen) atoms. The van der Waals surface area contributed by atoms with Gasteiger partial charge in [-0.15, -0.1) is 0 Å². The summed E-state index contributed by atoms with van der Waals surface area (Å²) in [5, 5.41) is 2.64. The molecule has 0 aromatic rings. The molecule has 4 nitrogen and oxygen atoms in total. The lowest BCUT2D eigenvalue weighted by atomic mass is 10.3. The van der Waals surface area contributed by atoms with Gasteiger partial charge in [0.15, 0.2) is 0 Å². The van der Waals surface area contributed by atoms with E-state index in [1.807, 2.05) is 0 Å². The monoisotopic (exact) mass is 139 g/mol. The zero-order chi connectivity index (χ0) is 7.19. The number of nitrogens with two attached hydrogens (primary N) is 1. The van der Waals surface area contributed by atoms with Crippen molar-refractivity contribution < 1.29 is 4.79 Å². The van der Waals surface area contributed by atoms with E-state index in [1.165, 1.54) is 0 Å². The van der Waals surface area contributed by atoms with Gasteiger partial charge in [0.2, 0.25) is 0 Å². The van der Waals surface area contributed by atoms with Crippen LogP contribution in [0.2, 0.25) is 0 Å². The Kier molecular flexibility index (Phi) is 0.922. The molecular weight excluding hydrogens is 130 g/mol. The number of amides is 1. The lowest BCUT2D eigenvalue weighted by Crippen LogP contribution is -2.33. The normalized spacial score (nSPS) is 26.5. The Morgan fingerprint density at radius 1 is 1.70 bits per heavy atom. The van der Waals surface area contributed by atoms with Crippen LogP contribution in [0.1, 0.15) is 12.8 Å². The van der Waals surface area contributed by atoms with E-state index < -0.39 is 0 Å². The van der Waals surface area contributed by atoms with Crippen LogP contribution in [0.15, 0.2) is 4.99 Å². The molecule has 1 saturated carbocycles. The fourth-order valence-corrected chi connectivity index (χ4v) is 1.14. The van der Waals surface area contributed by atoms with Gasteiger partial charge in [-0.3, -0.25) is 9.79 Å². The minimum atomic E-state index is -0.366. The van der Waals surface area contributed by atoms with Crippen molar-refractivity contribution in [1.82, 2.24) is 5.32 Å². The van der Waals surface area contributed by atoms with Crippen LogP contribution in [0.3, 0.4) is 0 Å². The van der Waals surface area contributed by atoms with E-state index in [0.29, 0.717) is 12.4 Å².